The van der Waals surface area contributed by atoms with Crippen LogP contribution in [0.5, 0.6) is 11.6 Å². The lowest BCUT2D eigenvalue weighted by Gasteiger charge is -2.39. The minimum Gasteiger partial charge on any atom is -0.497 e. The van der Waals surface area contributed by atoms with Crippen molar-refractivity contribution in [3.63, 3.8) is 0 Å². The molecule has 0 radical (unpaired) electrons. The van der Waals surface area contributed by atoms with Gasteiger partial charge in [0.15, 0.2) is 0 Å². The van der Waals surface area contributed by atoms with Gasteiger partial charge in [0.2, 0.25) is 12.2 Å². The quantitative estimate of drug-likeness (QED) is 0.444. The average molecular weight is 491 g/mol. The monoisotopic (exact) mass is 490 g/mol. The molecule has 0 bridgehead atoms. The molecule has 1 aromatic carbocycles. The summed E-state index contributed by atoms with van der Waals surface area (Å²) < 4.78 is 19.1. The molecular formula is C26H38N2O7. The normalized spacial score (nSPS) is 27.8. The third-order valence-electron chi connectivity index (χ3n) is 7.11. The summed E-state index contributed by atoms with van der Waals surface area (Å²) >= 11 is 0. The minimum absolute atomic E-state index is 0.0914. The molecule has 9 nitrogen and oxygen atoms in total. The Morgan fingerprint density at radius 3 is 2.31 bits per heavy atom. The maximum atomic E-state index is 10.6. The van der Waals surface area contributed by atoms with Crippen LogP contribution >= 0.6 is 0 Å². The van der Waals surface area contributed by atoms with Crippen LogP contribution in [-0.2, 0) is 11.2 Å². The number of methoxy groups -OCH3 is 1. The van der Waals surface area contributed by atoms with Gasteiger partial charge in [0, 0.05) is 29.6 Å². The number of rotatable bonds is 8. The van der Waals surface area contributed by atoms with Gasteiger partial charge in [-0.05, 0) is 44.4 Å². The van der Waals surface area contributed by atoms with Crippen molar-refractivity contribution in [1.29, 1.82) is 0 Å². The molecule has 1 saturated heterocycles. The van der Waals surface area contributed by atoms with Crippen LogP contribution in [0, 0.1) is 0 Å². The predicted octanol–water partition coefficient (Wildman–Crippen LogP) is 2.29. The van der Waals surface area contributed by atoms with Crippen molar-refractivity contribution in [1.82, 2.24) is 9.78 Å². The van der Waals surface area contributed by atoms with E-state index in [1.165, 1.54) is 19.3 Å². The summed E-state index contributed by atoms with van der Waals surface area (Å²) in [5.41, 5.74) is 3.12. The van der Waals surface area contributed by atoms with Gasteiger partial charge in [-0.2, -0.15) is 0 Å². The van der Waals surface area contributed by atoms with E-state index in [0.717, 1.165) is 35.4 Å². The third-order valence-corrected chi connectivity index (χ3v) is 7.11. The molecule has 5 atom stereocenters. The van der Waals surface area contributed by atoms with Crippen LogP contribution in [-0.4, -0.2) is 74.6 Å². The van der Waals surface area contributed by atoms with Gasteiger partial charge in [-0.15, -0.1) is 5.10 Å². The first-order valence-corrected chi connectivity index (χ1v) is 12.5. The van der Waals surface area contributed by atoms with Gasteiger partial charge < -0.3 is 34.6 Å². The Bertz CT molecular complexity index is 953. The minimum atomic E-state index is -1.51. The number of hydrogen-bond donors (Lipinski definition) is 4. The number of aliphatic hydroxyl groups is 4. The number of nitrogens with zero attached hydrogens (tertiary/aromatic N) is 2. The summed E-state index contributed by atoms with van der Waals surface area (Å²) in [4.78, 5) is 0. The molecule has 0 unspecified atom stereocenters. The number of aromatic nitrogens is 2. The van der Waals surface area contributed by atoms with E-state index < -0.39 is 37.3 Å². The van der Waals surface area contributed by atoms with Crippen molar-refractivity contribution in [2.45, 2.75) is 95.0 Å². The fourth-order valence-electron chi connectivity index (χ4n) is 5.15. The Hall–Kier alpha value is -2.17. The van der Waals surface area contributed by atoms with Gasteiger partial charge in [-0.1, -0.05) is 31.4 Å². The zero-order valence-electron chi connectivity index (χ0n) is 20.7. The Balaban J connectivity index is 1.73. The van der Waals surface area contributed by atoms with Gasteiger partial charge in [0.25, 0.3) is 0 Å². The highest BCUT2D eigenvalue weighted by molar-refractivity contribution is 5.40. The second kappa shape index (κ2) is 11.3. The molecule has 0 spiro atoms. The highest BCUT2D eigenvalue weighted by Crippen LogP contribution is 2.40. The molecule has 9 heteroatoms. The number of benzene rings is 1. The lowest BCUT2D eigenvalue weighted by atomic mass is 9.84. The molecule has 35 heavy (non-hydrogen) atoms. The lowest BCUT2D eigenvalue weighted by Crippen LogP contribution is -2.60. The average Bonchev–Trinajstić information content (AvgIpc) is 3.23. The van der Waals surface area contributed by atoms with E-state index in [2.05, 4.69) is 13.8 Å². The second-order valence-electron chi connectivity index (χ2n) is 9.88. The summed E-state index contributed by atoms with van der Waals surface area (Å²) in [5, 5.41) is 45.3. The van der Waals surface area contributed by atoms with Gasteiger partial charge in [-0.25, -0.2) is 0 Å². The van der Waals surface area contributed by atoms with Crippen molar-refractivity contribution >= 4 is 0 Å². The molecule has 2 heterocycles. The summed E-state index contributed by atoms with van der Waals surface area (Å²) in [6, 6.07) is 7.94. The zero-order chi connectivity index (χ0) is 25.1. The van der Waals surface area contributed by atoms with E-state index >= 15 is 0 Å². The van der Waals surface area contributed by atoms with Crippen LogP contribution in [0.1, 0.15) is 74.7 Å². The smallest absolute Gasteiger partial charge is 0.239 e. The van der Waals surface area contributed by atoms with E-state index in [4.69, 9.17) is 19.3 Å². The Morgan fingerprint density at radius 2 is 1.71 bits per heavy atom. The number of aliphatic hydroxyl groups excluding tert-OH is 4. The summed E-state index contributed by atoms with van der Waals surface area (Å²) in [6.45, 7) is 3.64. The topological polar surface area (TPSA) is 126 Å². The first-order chi connectivity index (χ1) is 16.8. The number of hydrogen-bond acceptors (Lipinski definition) is 8. The summed E-state index contributed by atoms with van der Waals surface area (Å²) in [7, 11) is 1.63. The van der Waals surface area contributed by atoms with Crippen molar-refractivity contribution in [2.24, 2.45) is 0 Å². The maximum absolute atomic E-state index is 10.6. The van der Waals surface area contributed by atoms with Crippen LogP contribution in [0.25, 0.3) is 0 Å². The van der Waals surface area contributed by atoms with Crippen molar-refractivity contribution < 1.29 is 34.6 Å². The van der Waals surface area contributed by atoms with Crippen molar-refractivity contribution in [3.05, 3.63) is 41.1 Å². The molecule has 2 aliphatic rings. The Kier molecular flexibility index (Phi) is 8.34. The first-order valence-electron chi connectivity index (χ1n) is 12.5. The summed E-state index contributed by atoms with van der Waals surface area (Å²) in [6.07, 6.45) is -0.504. The van der Waals surface area contributed by atoms with Gasteiger partial charge >= 0.3 is 0 Å². The predicted molar refractivity (Wildman–Crippen MR) is 129 cm³/mol. The zero-order valence-corrected chi connectivity index (χ0v) is 20.7. The first kappa shape index (κ1) is 25.9. The molecule has 1 aromatic heterocycles. The van der Waals surface area contributed by atoms with Gasteiger partial charge in [0.1, 0.15) is 30.2 Å². The van der Waals surface area contributed by atoms with E-state index in [-0.39, 0.29) is 6.04 Å². The molecular weight excluding hydrogens is 452 g/mol. The Labute approximate surface area is 206 Å². The molecule has 0 amide bonds. The SMILES string of the molecule is COc1ccc(Cc2c(O[C@@H]3O[C@H](CO)[C@@H](O)[C@H](O)[C@H]3O)nn(C(C)C)c2C2CCCCC2)cc1. The standard InChI is InChI=1S/C26H38N2O7/c1-15(2)28-21(17-7-5-4-6-8-17)19(13-16-9-11-18(33-3)12-10-16)25(27-28)35-26-24(32)23(31)22(30)20(14-29)34-26/h9-12,15,17,20,22-24,26,29-32H,4-8,13-14H2,1-3H3/t20-,22-,23+,24-,26+/m1/s1. The van der Waals surface area contributed by atoms with E-state index in [1.54, 1.807) is 7.11 Å². The van der Waals surface area contributed by atoms with Crippen LogP contribution < -0.4 is 9.47 Å². The third kappa shape index (κ3) is 5.49. The Morgan fingerprint density at radius 1 is 1.03 bits per heavy atom. The molecule has 1 saturated carbocycles. The molecule has 2 fully saturated rings. The van der Waals surface area contributed by atoms with Crippen LogP contribution in [0.3, 0.4) is 0 Å². The molecule has 1 aliphatic carbocycles. The van der Waals surface area contributed by atoms with Crippen molar-refractivity contribution in [2.75, 3.05) is 13.7 Å². The van der Waals surface area contributed by atoms with Crippen molar-refractivity contribution in [3.8, 4) is 11.6 Å². The van der Waals surface area contributed by atoms with E-state index in [1.807, 2.05) is 28.9 Å². The largest absolute Gasteiger partial charge is 0.497 e. The molecule has 194 valence electrons. The van der Waals surface area contributed by atoms with Crippen LogP contribution in [0.2, 0.25) is 0 Å². The summed E-state index contributed by atoms with van der Waals surface area (Å²) in [5.74, 6) is 1.45. The second-order valence-corrected chi connectivity index (χ2v) is 9.88. The van der Waals surface area contributed by atoms with Crippen LogP contribution in [0.15, 0.2) is 24.3 Å². The van der Waals surface area contributed by atoms with Crippen LogP contribution in [0.4, 0.5) is 0 Å². The van der Waals surface area contributed by atoms with Gasteiger partial charge in [-0.3, -0.25) is 4.68 Å². The highest BCUT2D eigenvalue weighted by atomic mass is 16.7. The molecule has 4 N–H and O–H groups in total. The number of ether oxygens (including phenoxy) is 3. The molecule has 2 aromatic rings. The molecule has 1 aliphatic heterocycles. The highest BCUT2D eigenvalue weighted by Gasteiger charge is 2.45. The van der Waals surface area contributed by atoms with E-state index in [9.17, 15) is 20.4 Å². The fraction of sp³-hybridized carbons (Fsp3) is 0.654. The maximum Gasteiger partial charge on any atom is 0.239 e. The fourth-order valence-corrected chi connectivity index (χ4v) is 5.15. The molecule has 4 rings (SSSR count). The van der Waals surface area contributed by atoms with E-state index in [0.29, 0.717) is 18.2 Å². The lowest BCUT2D eigenvalue weighted by molar-refractivity contribution is -0.278. The van der Waals surface area contributed by atoms with Gasteiger partial charge in [0.05, 0.1) is 13.7 Å².